The van der Waals surface area contributed by atoms with Gasteiger partial charge in [0.25, 0.3) is 0 Å². The first kappa shape index (κ1) is 27.5. The number of anilines is 3. The Morgan fingerprint density at radius 3 is 1.85 bits per heavy atom. The van der Waals surface area contributed by atoms with Crippen molar-refractivity contribution in [2.24, 2.45) is 11.8 Å². The lowest BCUT2D eigenvalue weighted by Crippen LogP contribution is -2.20. The van der Waals surface area contributed by atoms with E-state index in [1.165, 1.54) is 84.7 Å². The normalized spacial score (nSPS) is 22.1. The first-order chi connectivity index (χ1) is 22.6. The zero-order valence-corrected chi connectivity index (χ0v) is 28.3. The number of hydrogen-bond donors (Lipinski definition) is 0. The lowest BCUT2D eigenvalue weighted by atomic mass is 9.78. The van der Waals surface area contributed by atoms with Crippen molar-refractivity contribution >= 4 is 22.6 Å². The molecule has 1 fully saturated rings. The highest BCUT2D eigenvalue weighted by molar-refractivity contribution is 6.01. The van der Waals surface area contributed by atoms with E-state index in [0.717, 1.165) is 5.92 Å². The summed E-state index contributed by atoms with van der Waals surface area (Å²) >= 11 is 0. The number of allylic oxidation sites excluding steroid dienone is 4. The van der Waals surface area contributed by atoms with Crippen LogP contribution in [0.15, 0.2) is 121 Å². The SMILES string of the molecule is CC1(C)C2=C(C=CC3CC23)c2c(N(c3ccc4c(c3)C(C)(C)c3ccccc3-4)c3cccc4c3-c3ccccc3C4(C)C)cccc21. The van der Waals surface area contributed by atoms with Gasteiger partial charge >= 0.3 is 0 Å². The molecule has 10 rings (SSSR count). The van der Waals surface area contributed by atoms with Crippen molar-refractivity contribution in [1.82, 2.24) is 0 Å². The lowest BCUT2D eigenvalue weighted by molar-refractivity contribution is 0.591. The highest BCUT2D eigenvalue weighted by Crippen LogP contribution is 2.64. The average Bonchev–Trinajstić information content (AvgIpc) is 3.72. The van der Waals surface area contributed by atoms with Gasteiger partial charge in [0.1, 0.15) is 0 Å². The molecule has 5 aliphatic rings. The molecule has 1 nitrogen and oxygen atoms in total. The van der Waals surface area contributed by atoms with E-state index in [1.54, 1.807) is 5.57 Å². The van der Waals surface area contributed by atoms with Crippen LogP contribution in [0.5, 0.6) is 0 Å². The van der Waals surface area contributed by atoms with Gasteiger partial charge < -0.3 is 4.90 Å². The van der Waals surface area contributed by atoms with Crippen molar-refractivity contribution in [2.45, 2.75) is 64.2 Å². The fraction of sp³-hybridized carbons (Fsp3) is 0.261. The Balaban J connectivity index is 1.28. The summed E-state index contributed by atoms with van der Waals surface area (Å²) in [6.45, 7) is 14.5. The van der Waals surface area contributed by atoms with Crippen LogP contribution in [0.4, 0.5) is 17.1 Å². The second kappa shape index (κ2) is 8.84. The molecule has 5 aromatic rings. The minimum atomic E-state index is -0.0791. The molecule has 0 heterocycles. The smallest absolute Gasteiger partial charge is 0.0543 e. The third-order valence-corrected chi connectivity index (χ3v) is 12.6. The summed E-state index contributed by atoms with van der Waals surface area (Å²) in [6.07, 6.45) is 6.25. The molecule has 0 bridgehead atoms. The van der Waals surface area contributed by atoms with E-state index in [9.17, 15) is 0 Å². The number of hydrogen-bond acceptors (Lipinski definition) is 1. The van der Waals surface area contributed by atoms with Crippen LogP contribution in [0.2, 0.25) is 0 Å². The summed E-state index contributed by atoms with van der Waals surface area (Å²) in [5.41, 5.74) is 20.7. The van der Waals surface area contributed by atoms with Gasteiger partial charge in [0.05, 0.1) is 11.4 Å². The molecule has 5 aliphatic carbocycles. The van der Waals surface area contributed by atoms with Gasteiger partial charge in [0.2, 0.25) is 0 Å². The van der Waals surface area contributed by atoms with Gasteiger partial charge in [-0.1, -0.05) is 133 Å². The first-order valence-electron chi connectivity index (χ1n) is 17.4. The van der Waals surface area contributed by atoms with E-state index in [-0.39, 0.29) is 16.2 Å². The van der Waals surface area contributed by atoms with Crippen molar-refractivity contribution in [1.29, 1.82) is 0 Å². The summed E-state index contributed by atoms with van der Waals surface area (Å²) in [5.74, 6) is 1.41. The fourth-order valence-electron chi connectivity index (χ4n) is 10.1. The summed E-state index contributed by atoms with van der Waals surface area (Å²) in [7, 11) is 0. The van der Waals surface area contributed by atoms with Crippen LogP contribution in [-0.2, 0) is 16.2 Å². The molecule has 0 spiro atoms. The maximum Gasteiger partial charge on any atom is 0.0543 e. The molecule has 5 aromatic carbocycles. The Bertz CT molecular complexity index is 2270. The second-order valence-corrected chi connectivity index (χ2v) is 16.1. The Hall–Kier alpha value is -4.62. The molecular weight excluding hydrogens is 567 g/mol. The number of rotatable bonds is 3. The molecule has 0 amide bonds. The minimum Gasteiger partial charge on any atom is -0.309 e. The molecule has 230 valence electrons. The third-order valence-electron chi connectivity index (χ3n) is 12.6. The van der Waals surface area contributed by atoms with Crippen molar-refractivity contribution in [3.63, 3.8) is 0 Å². The molecule has 0 radical (unpaired) electrons. The zero-order chi connectivity index (χ0) is 32.0. The van der Waals surface area contributed by atoms with Gasteiger partial charge in [-0.05, 0) is 98.2 Å². The Kier molecular flexibility index (Phi) is 5.17. The minimum absolute atomic E-state index is 0.0192. The maximum atomic E-state index is 2.62. The predicted molar refractivity (Wildman–Crippen MR) is 197 cm³/mol. The second-order valence-electron chi connectivity index (χ2n) is 16.1. The molecule has 0 aliphatic heterocycles. The Morgan fingerprint density at radius 1 is 0.532 bits per heavy atom. The van der Waals surface area contributed by atoms with Crippen LogP contribution >= 0.6 is 0 Å². The highest BCUT2D eigenvalue weighted by Gasteiger charge is 2.51. The topological polar surface area (TPSA) is 3.24 Å². The number of fused-ring (bicyclic) bond motifs is 10. The van der Waals surface area contributed by atoms with E-state index < -0.39 is 0 Å². The fourth-order valence-corrected chi connectivity index (χ4v) is 10.1. The molecule has 2 atom stereocenters. The summed E-state index contributed by atoms with van der Waals surface area (Å²) in [5, 5.41) is 0. The molecule has 1 saturated carbocycles. The van der Waals surface area contributed by atoms with Crippen molar-refractivity contribution < 1.29 is 0 Å². The van der Waals surface area contributed by atoms with E-state index in [1.807, 2.05) is 0 Å². The van der Waals surface area contributed by atoms with Gasteiger partial charge in [0, 0.05) is 33.1 Å². The molecule has 0 N–H and O–H groups in total. The van der Waals surface area contributed by atoms with E-state index in [4.69, 9.17) is 0 Å². The average molecular weight is 608 g/mol. The van der Waals surface area contributed by atoms with Gasteiger partial charge in [-0.15, -0.1) is 0 Å². The third kappa shape index (κ3) is 3.40. The molecule has 47 heavy (non-hydrogen) atoms. The molecule has 2 unspecified atom stereocenters. The molecule has 0 saturated heterocycles. The van der Waals surface area contributed by atoms with Crippen molar-refractivity contribution in [3.8, 4) is 22.3 Å². The zero-order valence-electron chi connectivity index (χ0n) is 28.3. The van der Waals surface area contributed by atoms with E-state index in [0.29, 0.717) is 5.92 Å². The predicted octanol–water partition coefficient (Wildman–Crippen LogP) is 12.0. The molecule has 1 heteroatoms. The molecular formula is C46H41N. The molecule has 0 aromatic heterocycles. The largest absolute Gasteiger partial charge is 0.309 e. The van der Waals surface area contributed by atoms with Crippen LogP contribution in [-0.4, -0.2) is 0 Å². The van der Waals surface area contributed by atoms with Crippen LogP contribution < -0.4 is 4.90 Å². The first-order valence-corrected chi connectivity index (χ1v) is 17.4. The maximum absolute atomic E-state index is 2.62. The number of benzene rings is 5. The van der Waals surface area contributed by atoms with Gasteiger partial charge in [0.15, 0.2) is 0 Å². The highest BCUT2D eigenvalue weighted by atomic mass is 15.1. The number of nitrogens with zero attached hydrogens (tertiary/aromatic N) is 1. The monoisotopic (exact) mass is 607 g/mol. The standard InChI is InChI=1S/C46H41N/c1-44(2)35-16-10-8-14-31(35)41-36(44)17-11-19-39(41)47(28-22-24-30-29-13-7-9-15-34(29)45(3,4)38(30)26-28)40-20-12-18-37-42(40)32-23-21-27-25-33(27)43(32)46(37,5)6/h7-24,26-27,33H,25H2,1-6H3. The van der Waals surface area contributed by atoms with Crippen molar-refractivity contribution in [3.05, 3.63) is 154 Å². The van der Waals surface area contributed by atoms with E-state index in [2.05, 4.69) is 162 Å². The summed E-state index contributed by atoms with van der Waals surface area (Å²) in [4.78, 5) is 2.62. The van der Waals surface area contributed by atoms with Crippen LogP contribution in [0.3, 0.4) is 0 Å². The van der Waals surface area contributed by atoms with Gasteiger partial charge in [-0.3, -0.25) is 0 Å². The van der Waals surface area contributed by atoms with Gasteiger partial charge in [-0.2, -0.15) is 0 Å². The van der Waals surface area contributed by atoms with E-state index >= 15 is 0 Å². The van der Waals surface area contributed by atoms with Crippen LogP contribution in [0.1, 0.15) is 81.3 Å². The quantitative estimate of drug-likeness (QED) is 0.197. The van der Waals surface area contributed by atoms with Crippen LogP contribution in [0.25, 0.3) is 27.8 Å². The Labute approximate surface area is 279 Å². The lowest BCUT2D eigenvalue weighted by Gasteiger charge is -2.32. The van der Waals surface area contributed by atoms with Crippen molar-refractivity contribution in [2.75, 3.05) is 4.90 Å². The van der Waals surface area contributed by atoms with Crippen LogP contribution in [0, 0.1) is 11.8 Å². The van der Waals surface area contributed by atoms with Gasteiger partial charge in [-0.25, -0.2) is 0 Å². The summed E-state index contributed by atoms with van der Waals surface area (Å²) in [6, 6.07) is 39.4. The Morgan fingerprint density at radius 2 is 1.11 bits per heavy atom. The summed E-state index contributed by atoms with van der Waals surface area (Å²) < 4.78 is 0.